The van der Waals surface area contributed by atoms with Crippen molar-refractivity contribution in [1.29, 1.82) is 0 Å². The van der Waals surface area contributed by atoms with Gasteiger partial charge in [0, 0.05) is 18.2 Å². The van der Waals surface area contributed by atoms with Crippen LogP contribution in [0.1, 0.15) is 36.7 Å². The van der Waals surface area contributed by atoms with E-state index in [1.54, 1.807) is 10.8 Å². The van der Waals surface area contributed by atoms with Crippen LogP contribution < -0.4 is 11.3 Å². The molecule has 0 radical (unpaired) electrons. The number of aryl methyl sites for hydroxylation is 1. The molecule has 0 saturated heterocycles. The number of rotatable bonds is 6. The minimum absolute atomic E-state index is 0.0274. The first-order valence-corrected chi connectivity index (χ1v) is 12.0. The number of hydrogen-bond acceptors (Lipinski definition) is 5. The highest BCUT2D eigenvalue weighted by Crippen LogP contribution is 2.28. The van der Waals surface area contributed by atoms with E-state index >= 15 is 0 Å². The second-order valence-corrected chi connectivity index (χ2v) is 9.21. The molecule has 7 nitrogen and oxygen atoms in total. The van der Waals surface area contributed by atoms with Gasteiger partial charge in [-0.1, -0.05) is 60.6 Å². The highest BCUT2D eigenvalue weighted by Gasteiger charge is 2.20. The molecule has 0 bridgehead atoms. The normalized spacial score (nSPS) is 13.9. The van der Waals surface area contributed by atoms with Crippen LogP contribution >= 0.6 is 0 Å². The van der Waals surface area contributed by atoms with E-state index in [4.69, 9.17) is 10.8 Å². The van der Waals surface area contributed by atoms with Crippen molar-refractivity contribution < 1.29 is 0 Å². The number of benzene rings is 1. The Bertz CT molecular complexity index is 1670. The van der Waals surface area contributed by atoms with Crippen LogP contribution in [0.3, 0.4) is 0 Å². The molecule has 0 spiro atoms. The van der Waals surface area contributed by atoms with Crippen molar-refractivity contribution in [3.63, 3.8) is 0 Å². The van der Waals surface area contributed by atoms with Crippen LogP contribution in [0.25, 0.3) is 21.8 Å². The van der Waals surface area contributed by atoms with Crippen LogP contribution in [0.2, 0.25) is 0 Å². The molecule has 1 aromatic carbocycles. The third-order valence-electron chi connectivity index (χ3n) is 6.31. The van der Waals surface area contributed by atoms with E-state index in [2.05, 4.69) is 34.5 Å². The monoisotopic (exact) mass is 476 g/mol. The summed E-state index contributed by atoms with van der Waals surface area (Å²) < 4.78 is 3.59. The molecule has 7 heteroatoms. The van der Waals surface area contributed by atoms with Crippen molar-refractivity contribution in [2.75, 3.05) is 5.73 Å². The summed E-state index contributed by atoms with van der Waals surface area (Å²) in [6, 6.07) is 7.97. The smallest absolute Gasteiger partial charge is 0.259 e. The van der Waals surface area contributed by atoms with Gasteiger partial charge in [0.25, 0.3) is 5.56 Å². The Hall–Kier alpha value is -4.44. The highest BCUT2D eigenvalue weighted by molar-refractivity contribution is 5.90. The van der Waals surface area contributed by atoms with E-state index in [0.29, 0.717) is 41.6 Å². The van der Waals surface area contributed by atoms with Gasteiger partial charge in [-0.2, -0.15) is 5.10 Å². The molecule has 180 valence electrons. The molecule has 4 aromatic rings. The van der Waals surface area contributed by atoms with Gasteiger partial charge in [-0.15, -0.1) is 0 Å². The Morgan fingerprint density at radius 3 is 2.86 bits per heavy atom. The van der Waals surface area contributed by atoms with E-state index in [0.717, 1.165) is 40.4 Å². The summed E-state index contributed by atoms with van der Waals surface area (Å²) in [4.78, 5) is 22.4. The first kappa shape index (κ1) is 23.3. The van der Waals surface area contributed by atoms with Crippen LogP contribution in [0, 0.1) is 24.7 Å². The van der Waals surface area contributed by atoms with Gasteiger partial charge in [-0.3, -0.25) is 4.79 Å². The molecule has 5 rings (SSSR count). The molecule has 1 fully saturated rings. The van der Waals surface area contributed by atoms with E-state index in [9.17, 15) is 4.79 Å². The highest BCUT2D eigenvalue weighted by atomic mass is 16.1. The number of fused-ring (bicyclic) bond motifs is 2. The maximum atomic E-state index is 13.7. The van der Waals surface area contributed by atoms with Crippen molar-refractivity contribution in [1.82, 2.24) is 24.3 Å². The van der Waals surface area contributed by atoms with Crippen molar-refractivity contribution in [2.24, 2.45) is 5.92 Å². The summed E-state index contributed by atoms with van der Waals surface area (Å²) in [5.74, 6) is 7.22. The SMILES string of the molecule is C=C/C=C\C=C(\C)Cn1c(Cn2nc(C#CC3CC3)c3c(N)ncnc32)cc2cccc(C)c2c1=O. The Morgan fingerprint density at radius 1 is 1.25 bits per heavy atom. The average Bonchev–Trinajstić information content (AvgIpc) is 3.62. The predicted molar refractivity (Wildman–Crippen MR) is 144 cm³/mol. The standard InChI is InChI=1S/C29H28N6O/c1-4-5-6-8-19(2)16-34-23(15-22-10-7-9-20(3)25(22)29(34)36)17-35-28-26(27(30)31-18-32-28)24(33-35)14-13-21-11-12-21/h4-10,15,18,21H,1,11-12,16-17H2,2-3H3,(H2,30,31,32)/b6-5-,19-8-. The number of nitrogen functional groups attached to an aromatic ring is 1. The maximum absolute atomic E-state index is 13.7. The number of nitrogens with two attached hydrogens (primary N) is 1. The summed E-state index contributed by atoms with van der Waals surface area (Å²) in [7, 11) is 0. The lowest BCUT2D eigenvalue weighted by atomic mass is 10.1. The molecule has 1 aliphatic carbocycles. The summed E-state index contributed by atoms with van der Waals surface area (Å²) in [6.07, 6.45) is 11.2. The van der Waals surface area contributed by atoms with E-state index in [1.165, 1.54) is 6.33 Å². The molecule has 1 saturated carbocycles. The zero-order chi connectivity index (χ0) is 25.2. The first-order valence-electron chi connectivity index (χ1n) is 12.0. The second kappa shape index (κ2) is 9.67. The fourth-order valence-electron chi connectivity index (χ4n) is 4.31. The van der Waals surface area contributed by atoms with Gasteiger partial charge >= 0.3 is 0 Å². The van der Waals surface area contributed by atoms with Crippen molar-refractivity contribution in [2.45, 2.75) is 39.8 Å². The second-order valence-electron chi connectivity index (χ2n) is 9.21. The number of hydrogen-bond donors (Lipinski definition) is 1. The first-order chi connectivity index (χ1) is 17.5. The molecule has 0 aliphatic heterocycles. The molecule has 0 amide bonds. The fourth-order valence-corrected chi connectivity index (χ4v) is 4.31. The van der Waals surface area contributed by atoms with Gasteiger partial charge in [0.2, 0.25) is 0 Å². The lowest BCUT2D eigenvalue weighted by Gasteiger charge is -2.16. The Balaban J connectivity index is 1.66. The van der Waals surface area contributed by atoms with Gasteiger partial charge in [-0.05, 0) is 49.6 Å². The summed E-state index contributed by atoms with van der Waals surface area (Å²) in [6.45, 7) is 8.47. The number of aromatic nitrogens is 5. The molecule has 2 N–H and O–H groups in total. The number of pyridine rings is 1. The van der Waals surface area contributed by atoms with Crippen molar-refractivity contribution >= 4 is 27.6 Å². The third-order valence-corrected chi connectivity index (χ3v) is 6.31. The lowest BCUT2D eigenvalue weighted by molar-refractivity contribution is 0.622. The van der Waals surface area contributed by atoms with Crippen LogP contribution in [0.15, 0.2) is 71.8 Å². The van der Waals surface area contributed by atoms with Gasteiger partial charge in [-0.25, -0.2) is 14.6 Å². The van der Waals surface area contributed by atoms with Crippen LogP contribution in [-0.2, 0) is 13.1 Å². The molecule has 0 unspecified atom stereocenters. The lowest BCUT2D eigenvalue weighted by Crippen LogP contribution is -2.26. The largest absolute Gasteiger partial charge is 0.383 e. The summed E-state index contributed by atoms with van der Waals surface area (Å²) in [5, 5.41) is 7.04. The van der Waals surface area contributed by atoms with Crippen molar-refractivity contribution in [3.05, 3.63) is 94.4 Å². The number of nitrogens with zero attached hydrogens (tertiary/aromatic N) is 5. The Kier molecular flexibility index (Phi) is 6.26. The zero-order valence-electron chi connectivity index (χ0n) is 20.5. The predicted octanol–water partition coefficient (Wildman–Crippen LogP) is 4.53. The minimum atomic E-state index is -0.0274. The van der Waals surface area contributed by atoms with E-state index in [-0.39, 0.29) is 5.56 Å². The van der Waals surface area contributed by atoms with Crippen LogP contribution in [0.5, 0.6) is 0 Å². The van der Waals surface area contributed by atoms with E-state index in [1.807, 2.05) is 54.8 Å². The molecule has 1 aliphatic rings. The van der Waals surface area contributed by atoms with Crippen LogP contribution in [-0.4, -0.2) is 24.3 Å². The van der Waals surface area contributed by atoms with E-state index < -0.39 is 0 Å². The number of allylic oxidation sites excluding steroid dienone is 5. The maximum Gasteiger partial charge on any atom is 0.259 e. The molecule has 36 heavy (non-hydrogen) atoms. The Morgan fingerprint density at radius 2 is 2.08 bits per heavy atom. The summed E-state index contributed by atoms with van der Waals surface area (Å²) in [5.41, 5.74) is 10.2. The minimum Gasteiger partial charge on any atom is -0.383 e. The van der Waals surface area contributed by atoms with Gasteiger partial charge in [0.1, 0.15) is 17.8 Å². The zero-order valence-corrected chi connectivity index (χ0v) is 20.5. The molecule has 0 atom stereocenters. The van der Waals surface area contributed by atoms with Gasteiger partial charge in [0.05, 0.1) is 17.3 Å². The quantitative estimate of drug-likeness (QED) is 0.326. The molecule has 3 aromatic heterocycles. The molecular weight excluding hydrogens is 448 g/mol. The topological polar surface area (TPSA) is 91.6 Å². The summed E-state index contributed by atoms with van der Waals surface area (Å²) >= 11 is 0. The van der Waals surface area contributed by atoms with Gasteiger partial charge < -0.3 is 10.3 Å². The Labute approximate surface area is 209 Å². The average molecular weight is 477 g/mol. The molecular formula is C29H28N6O. The third kappa shape index (κ3) is 4.58. The van der Waals surface area contributed by atoms with Gasteiger partial charge in [0.15, 0.2) is 5.65 Å². The van der Waals surface area contributed by atoms with Crippen LogP contribution in [0.4, 0.5) is 5.82 Å². The number of anilines is 1. The molecule has 3 heterocycles. The van der Waals surface area contributed by atoms with Crippen molar-refractivity contribution in [3.8, 4) is 11.8 Å². The fraction of sp³-hybridized carbons (Fsp3) is 0.241.